The van der Waals surface area contributed by atoms with E-state index in [9.17, 15) is 0 Å². The maximum Gasteiger partial charge on any atom is 0.119 e. The van der Waals surface area contributed by atoms with E-state index in [0.717, 1.165) is 11.9 Å². The van der Waals surface area contributed by atoms with Gasteiger partial charge in [0.15, 0.2) is 0 Å². The molecule has 0 aromatic heterocycles. The molecule has 2 heteroatoms. The van der Waals surface area contributed by atoms with Gasteiger partial charge in [-0.05, 0) is 47.5 Å². The van der Waals surface area contributed by atoms with Crippen molar-refractivity contribution >= 4 is 18.5 Å². The first-order valence-electron chi connectivity index (χ1n) is 9.61. The lowest BCUT2D eigenvalue weighted by Crippen LogP contribution is -2.12. The van der Waals surface area contributed by atoms with Crippen LogP contribution in [0.4, 0.5) is 0 Å². The van der Waals surface area contributed by atoms with Crippen molar-refractivity contribution in [1.82, 2.24) is 0 Å². The van der Waals surface area contributed by atoms with Gasteiger partial charge in [0.05, 0.1) is 24.7 Å². The highest BCUT2D eigenvalue weighted by Gasteiger charge is 2.22. The fourth-order valence-corrected chi connectivity index (χ4v) is 5.87. The summed E-state index contributed by atoms with van der Waals surface area (Å²) in [6.07, 6.45) is 1.07. The monoisotopic (exact) mass is 383 g/mol. The van der Waals surface area contributed by atoms with Crippen LogP contribution in [0.5, 0.6) is 5.75 Å². The Morgan fingerprint density at radius 2 is 1.00 bits per heavy atom. The SMILES string of the molecule is c1ccc(COc2ccc(C[PH+](c3ccccc3)c3ccccc3)cc2)cc1. The molecule has 4 aromatic carbocycles. The van der Waals surface area contributed by atoms with E-state index < -0.39 is 7.92 Å². The Balaban J connectivity index is 1.48. The molecule has 0 bridgehead atoms. The fraction of sp³-hybridized carbons (Fsp3) is 0.0769. The number of ether oxygens (including phenoxy) is 1. The average molecular weight is 383 g/mol. The number of hydrogen-bond acceptors (Lipinski definition) is 1. The standard InChI is InChI=1S/C26H23OP/c1-4-10-22(11-5-1)20-27-24-18-16-23(17-19-24)21-28(25-12-6-2-7-13-25)26-14-8-3-9-15-26/h1-19H,20-21H2/p+1. The second-order valence-corrected chi connectivity index (χ2v) is 9.27. The van der Waals surface area contributed by atoms with Gasteiger partial charge in [-0.25, -0.2) is 0 Å². The highest BCUT2D eigenvalue weighted by atomic mass is 31.1. The summed E-state index contributed by atoms with van der Waals surface area (Å²) in [5, 5.41) is 2.89. The predicted octanol–water partition coefficient (Wildman–Crippen LogP) is 5.63. The van der Waals surface area contributed by atoms with Gasteiger partial charge >= 0.3 is 0 Å². The van der Waals surface area contributed by atoms with E-state index in [1.165, 1.54) is 21.7 Å². The van der Waals surface area contributed by atoms with Gasteiger partial charge in [0.2, 0.25) is 0 Å². The first-order valence-corrected chi connectivity index (χ1v) is 11.3. The Morgan fingerprint density at radius 1 is 0.500 bits per heavy atom. The molecule has 0 radical (unpaired) electrons. The van der Waals surface area contributed by atoms with Gasteiger partial charge in [-0.1, -0.05) is 78.9 Å². The van der Waals surface area contributed by atoms with Crippen LogP contribution in [0, 0.1) is 0 Å². The first-order chi connectivity index (χ1) is 13.9. The molecule has 28 heavy (non-hydrogen) atoms. The van der Waals surface area contributed by atoms with Crippen molar-refractivity contribution in [3.05, 3.63) is 126 Å². The molecule has 0 unspecified atom stereocenters. The Bertz CT molecular complexity index is 928. The molecule has 0 N–H and O–H groups in total. The van der Waals surface area contributed by atoms with E-state index in [4.69, 9.17) is 4.74 Å². The minimum absolute atomic E-state index is 0.600. The van der Waals surface area contributed by atoms with E-state index in [0.29, 0.717) is 6.61 Å². The third-order valence-electron chi connectivity index (χ3n) is 4.80. The van der Waals surface area contributed by atoms with Gasteiger partial charge < -0.3 is 4.74 Å². The molecule has 0 saturated heterocycles. The van der Waals surface area contributed by atoms with E-state index in [1.54, 1.807) is 0 Å². The molecule has 4 aromatic rings. The molecule has 0 aliphatic carbocycles. The summed E-state index contributed by atoms with van der Waals surface area (Å²) in [5.41, 5.74) is 2.54. The Kier molecular flexibility index (Phi) is 6.17. The van der Waals surface area contributed by atoms with Gasteiger partial charge in [-0.2, -0.15) is 0 Å². The van der Waals surface area contributed by atoms with Crippen LogP contribution in [0.2, 0.25) is 0 Å². The summed E-state index contributed by atoms with van der Waals surface area (Å²) in [4.78, 5) is 0. The largest absolute Gasteiger partial charge is 0.489 e. The summed E-state index contributed by atoms with van der Waals surface area (Å²) < 4.78 is 5.93. The number of hydrogen-bond donors (Lipinski definition) is 0. The Morgan fingerprint density at radius 3 is 1.54 bits per heavy atom. The van der Waals surface area contributed by atoms with Crippen LogP contribution in [0.3, 0.4) is 0 Å². The highest BCUT2D eigenvalue weighted by molar-refractivity contribution is 7.72. The molecule has 138 valence electrons. The van der Waals surface area contributed by atoms with Crippen molar-refractivity contribution in [3.63, 3.8) is 0 Å². The molecular weight excluding hydrogens is 359 g/mol. The van der Waals surface area contributed by atoms with Crippen LogP contribution in [-0.2, 0) is 12.8 Å². The molecule has 1 nitrogen and oxygen atoms in total. The van der Waals surface area contributed by atoms with E-state index in [-0.39, 0.29) is 0 Å². The highest BCUT2D eigenvalue weighted by Crippen LogP contribution is 2.38. The van der Waals surface area contributed by atoms with Crippen molar-refractivity contribution in [2.24, 2.45) is 0 Å². The van der Waals surface area contributed by atoms with Crippen LogP contribution < -0.4 is 15.3 Å². The lowest BCUT2D eigenvalue weighted by atomic mass is 10.2. The lowest BCUT2D eigenvalue weighted by Gasteiger charge is -2.12. The summed E-state index contributed by atoms with van der Waals surface area (Å²) in [5.74, 6) is 0.917. The second-order valence-electron chi connectivity index (χ2n) is 6.81. The lowest BCUT2D eigenvalue weighted by molar-refractivity contribution is 0.306. The van der Waals surface area contributed by atoms with Crippen molar-refractivity contribution in [2.75, 3.05) is 0 Å². The average Bonchev–Trinajstić information content (AvgIpc) is 2.79. The second kappa shape index (κ2) is 9.35. The molecule has 0 heterocycles. The molecule has 4 rings (SSSR count). The number of benzene rings is 4. The molecule has 0 spiro atoms. The van der Waals surface area contributed by atoms with Crippen molar-refractivity contribution in [2.45, 2.75) is 12.8 Å². The van der Waals surface area contributed by atoms with Crippen molar-refractivity contribution < 1.29 is 4.74 Å². The van der Waals surface area contributed by atoms with Gasteiger partial charge in [0, 0.05) is 0 Å². The van der Waals surface area contributed by atoms with Crippen LogP contribution in [0.25, 0.3) is 0 Å². The maximum absolute atomic E-state index is 5.93. The van der Waals surface area contributed by atoms with E-state index in [1.807, 2.05) is 18.2 Å². The van der Waals surface area contributed by atoms with Gasteiger partial charge in [0.25, 0.3) is 0 Å². The third kappa shape index (κ3) is 4.88. The first kappa shape index (κ1) is 18.5. The number of rotatable bonds is 7. The zero-order valence-corrected chi connectivity index (χ0v) is 16.8. The van der Waals surface area contributed by atoms with E-state index >= 15 is 0 Å². The molecule has 0 atom stereocenters. The van der Waals surface area contributed by atoms with Crippen LogP contribution in [-0.4, -0.2) is 0 Å². The van der Waals surface area contributed by atoms with Gasteiger partial charge in [-0.3, -0.25) is 0 Å². The maximum atomic E-state index is 5.93. The Hall–Kier alpha value is -2.89. The van der Waals surface area contributed by atoms with Crippen LogP contribution in [0.15, 0.2) is 115 Å². The van der Waals surface area contributed by atoms with Crippen molar-refractivity contribution in [1.29, 1.82) is 0 Å². The molecule has 0 saturated carbocycles. The smallest absolute Gasteiger partial charge is 0.119 e. The van der Waals surface area contributed by atoms with Gasteiger partial charge in [0.1, 0.15) is 12.4 Å². The van der Waals surface area contributed by atoms with Crippen molar-refractivity contribution in [3.8, 4) is 5.75 Å². The van der Waals surface area contributed by atoms with E-state index in [2.05, 4.69) is 97.1 Å². The van der Waals surface area contributed by atoms with Gasteiger partial charge in [-0.15, -0.1) is 0 Å². The zero-order valence-electron chi connectivity index (χ0n) is 15.8. The summed E-state index contributed by atoms with van der Waals surface area (Å²) in [6.45, 7) is 0.600. The summed E-state index contributed by atoms with van der Waals surface area (Å²) in [6, 6.07) is 40.7. The fourth-order valence-electron chi connectivity index (χ4n) is 3.30. The minimum Gasteiger partial charge on any atom is -0.489 e. The zero-order chi connectivity index (χ0) is 19.0. The quantitative estimate of drug-likeness (QED) is 0.376. The molecule has 0 aliphatic heterocycles. The van der Waals surface area contributed by atoms with Crippen LogP contribution >= 0.6 is 7.92 Å². The molecular formula is C26H24OP+. The normalized spacial score (nSPS) is 10.8. The molecule has 0 amide bonds. The topological polar surface area (TPSA) is 9.23 Å². The van der Waals surface area contributed by atoms with Crippen LogP contribution in [0.1, 0.15) is 11.1 Å². The Labute approximate surface area is 168 Å². The molecule has 0 aliphatic rings. The molecule has 0 fully saturated rings. The summed E-state index contributed by atoms with van der Waals surface area (Å²) in [7, 11) is -0.860. The predicted molar refractivity (Wildman–Crippen MR) is 121 cm³/mol. The summed E-state index contributed by atoms with van der Waals surface area (Å²) >= 11 is 0. The third-order valence-corrected chi connectivity index (χ3v) is 7.62. The minimum atomic E-state index is -0.860.